The maximum atomic E-state index is 13.3. The lowest BCUT2D eigenvalue weighted by molar-refractivity contribution is -0.272. The summed E-state index contributed by atoms with van der Waals surface area (Å²) in [5.41, 5.74) is -1.32. The van der Waals surface area contributed by atoms with Crippen LogP contribution in [-0.2, 0) is 14.3 Å². The second kappa shape index (κ2) is 8.96. The van der Waals surface area contributed by atoms with Crippen molar-refractivity contribution in [3.63, 3.8) is 0 Å². The third-order valence-electron chi connectivity index (χ3n) is 5.39. The van der Waals surface area contributed by atoms with E-state index in [1.807, 2.05) is 0 Å². The van der Waals surface area contributed by atoms with Gasteiger partial charge in [0.1, 0.15) is 40.8 Å². The number of hydrogen-bond acceptors (Lipinski definition) is 13. The fourth-order valence-corrected chi connectivity index (χ4v) is 3.60. The van der Waals surface area contributed by atoms with Gasteiger partial charge >= 0.3 is 5.97 Å². The topological polar surface area (TPSA) is 217 Å². The van der Waals surface area contributed by atoms with E-state index in [0.717, 1.165) is 31.4 Å². The van der Waals surface area contributed by atoms with Crippen LogP contribution in [0.4, 0.5) is 0 Å². The van der Waals surface area contributed by atoms with Crippen LogP contribution >= 0.6 is 0 Å². The van der Waals surface area contributed by atoms with E-state index in [9.17, 15) is 45.3 Å². The van der Waals surface area contributed by atoms with Crippen molar-refractivity contribution in [2.75, 3.05) is 7.11 Å². The van der Waals surface area contributed by atoms with Crippen molar-refractivity contribution in [3.05, 3.63) is 40.6 Å². The van der Waals surface area contributed by atoms with Gasteiger partial charge in [-0.25, -0.2) is 4.79 Å². The summed E-state index contributed by atoms with van der Waals surface area (Å²) in [6, 6.07) is 5.24. The highest BCUT2D eigenvalue weighted by Gasteiger charge is 2.49. The molecule has 186 valence electrons. The van der Waals surface area contributed by atoms with Crippen molar-refractivity contribution in [2.24, 2.45) is 0 Å². The quantitative estimate of drug-likeness (QED) is 0.183. The van der Waals surface area contributed by atoms with Crippen LogP contribution in [0.1, 0.15) is 0 Å². The summed E-state index contributed by atoms with van der Waals surface area (Å²) < 4.78 is 20.9. The van der Waals surface area contributed by atoms with Gasteiger partial charge in [0.25, 0.3) is 0 Å². The molecule has 13 nitrogen and oxygen atoms in total. The second-order valence-corrected chi connectivity index (χ2v) is 7.67. The number of aliphatic hydroxyl groups is 3. The third kappa shape index (κ3) is 4.17. The third-order valence-corrected chi connectivity index (χ3v) is 5.39. The maximum absolute atomic E-state index is 13.3. The van der Waals surface area contributed by atoms with Gasteiger partial charge in [0.05, 0.1) is 7.11 Å². The van der Waals surface area contributed by atoms with E-state index in [0.29, 0.717) is 0 Å². The van der Waals surface area contributed by atoms with Gasteiger partial charge in [-0.1, -0.05) is 0 Å². The zero-order valence-electron chi connectivity index (χ0n) is 17.9. The predicted octanol–water partition coefficient (Wildman–Crippen LogP) is -0.358. The van der Waals surface area contributed by atoms with Crippen molar-refractivity contribution < 1.29 is 59.2 Å². The molecule has 1 aliphatic heterocycles. The molecule has 0 radical (unpaired) electrons. The van der Waals surface area contributed by atoms with Gasteiger partial charge in [-0.05, 0) is 18.2 Å². The van der Waals surface area contributed by atoms with Crippen molar-refractivity contribution >= 4 is 16.9 Å². The average molecular weight is 492 g/mol. The molecule has 2 heterocycles. The Bertz CT molecular complexity index is 1350. The molecule has 4 rings (SSSR count). The van der Waals surface area contributed by atoms with E-state index >= 15 is 0 Å². The molecular weight excluding hydrogens is 472 g/mol. The largest absolute Gasteiger partial charge is 0.508 e. The van der Waals surface area contributed by atoms with E-state index in [4.69, 9.17) is 13.9 Å². The van der Waals surface area contributed by atoms with Crippen molar-refractivity contribution in [1.29, 1.82) is 0 Å². The number of ether oxygens (including phenoxy) is 3. The standard InChI is InChI=1S/C22H20O13/c1-32-21(31)20-16(29)15(28)17(30)22(35-20)34-19-14(27)13-11(26)5-8(23)6-12(13)33-18(19)7-2-3-9(24)10(25)4-7/h2-6,15-17,20,22-26,28-30H,1H3/t15-,16-,17+,20-,22+/m1/s1. The van der Waals surface area contributed by atoms with E-state index in [1.165, 1.54) is 6.07 Å². The van der Waals surface area contributed by atoms with Crippen LogP contribution in [0.2, 0.25) is 0 Å². The number of carbonyl (C=O) groups is 1. The molecule has 0 aliphatic carbocycles. The molecule has 1 aliphatic rings. The van der Waals surface area contributed by atoms with Gasteiger partial charge in [0, 0.05) is 17.7 Å². The SMILES string of the molecule is COC(=O)[C@@H]1O[C@H](Oc2c(-c3ccc(O)c(O)c3)oc3cc(O)cc(O)c3c2=O)[C@@H](O)[C@H](O)[C@H]1O. The second-order valence-electron chi connectivity index (χ2n) is 7.67. The number of fused-ring (bicyclic) bond motifs is 1. The number of hydrogen-bond donors (Lipinski definition) is 7. The molecule has 13 heteroatoms. The number of aliphatic hydroxyl groups excluding tert-OH is 3. The molecule has 0 unspecified atom stereocenters. The molecule has 0 amide bonds. The molecule has 2 aromatic carbocycles. The van der Waals surface area contributed by atoms with Crippen molar-refractivity contribution in [2.45, 2.75) is 30.7 Å². The molecule has 3 aromatic rings. The molecule has 7 N–H and O–H groups in total. The van der Waals surface area contributed by atoms with Crippen LogP contribution in [0.3, 0.4) is 0 Å². The van der Waals surface area contributed by atoms with Crippen LogP contribution < -0.4 is 10.2 Å². The molecule has 0 bridgehead atoms. The Morgan fingerprint density at radius 2 is 1.63 bits per heavy atom. The Kier molecular flexibility index (Phi) is 6.17. The first-order chi connectivity index (χ1) is 16.5. The molecular formula is C22H20O13. The normalized spacial score (nSPS) is 24.3. The average Bonchev–Trinajstić information content (AvgIpc) is 2.81. The van der Waals surface area contributed by atoms with E-state index in [-0.39, 0.29) is 11.1 Å². The molecule has 1 saturated heterocycles. The summed E-state index contributed by atoms with van der Waals surface area (Å²) in [5, 5.41) is 69.7. The Morgan fingerprint density at radius 1 is 0.914 bits per heavy atom. The molecule has 5 atom stereocenters. The minimum absolute atomic E-state index is 0.0208. The van der Waals surface area contributed by atoms with E-state index in [1.54, 1.807) is 0 Å². The lowest BCUT2D eigenvalue weighted by Gasteiger charge is -2.38. The van der Waals surface area contributed by atoms with E-state index in [2.05, 4.69) is 4.74 Å². The van der Waals surface area contributed by atoms with Gasteiger partial charge < -0.3 is 54.4 Å². The number of esters is 1. The number of rotatable bonds is 4. The zero-order valence-corrected chi connectivity index (χ0v) is 17.9. The monoisotopic (exact) mass is 492 g/mol. The van der Waals surface area contributed by atoms with Gasteiger partial charge in [-0.2, -0.15) is 0 Å². The maximum Gasteiger partial charge on any atom is 0.337 e. The number of carbonyl (C=O) groups excluding carboxylic acids is 1. The lowest BCUT2D eigenvalue weighted by Crippen LogP contribution is -2.61. The highest BCUT2D eigenvalue weighted by Crippen LogP contribution is 2.39. The first kappa shape index (κ1) is 24.1. The van der Waals surface area contributed by atoms with Gasteiger partial charge in [-0.3, -0.25) is 4.79 Å². The first-order valence-corrected chi connectivity index (χ1v) is 10.0. The van der Waals surface area contributed by atoms with Crippen molar-refractivity contribution in [3.8, 4) is 40.1 Å². The molecule has 35 heavy (non-hydrogen) atoms. The molecule has 0 spiro atoms. The first-order valence-electron chi connectivity index (χ1n) is 10.0. The highest BCUT2D eigenvalue weighted by molar-refractivity contribution is 5.88. The molecule has 1 fully saturated rings. The number of phenols is 4. The highest BCUT2D eigenvalue weighted by atomic mass is 16.7. The smallest absolute Gasteiger partial charge is 0.337 e. The minimum Gasteiger partial charge on any atom is -0.508 e. The Labute approximate surface area is 195 Å². The minimum atomic E-state index is -1.96. The van der Waals surface area contributed by atoms with Crippen LogP contribution in [0.15, 0.2) is 39.5 Å². The fourth-order valence-electron chi connectivity index (χ4n) is 3.60. The van der Waals surface area contributed by atoms with Crippen LogP contribution in [-0.4, -0.2) is 79.5 Å². The summed E-state index contributed by atoms with van der Waals surface area (Å²) in [5.74, 6) is -4.37. The summed E-state index contributed by atoms with van der Waals surface area (Å²) >= 11 is 0. The summed E-state index contributed by atoms with van der Waals surface area (Å²) in [4.78, 5) is 25.3. The number of phenolic OH excluding ortho intramolecular Hbond substituents is 4. The Hall–Kier alpha value is -4.04. The van der Waals surface area contributed by atoms with Gasteiger partial charge in [0.2, 0.25) is 17.5 Å². The Balaban J connectivity index is 1.90. The predicted molar refractivity (Wildman–Crippen MR) is 114 cm³/mol. The van der Waals surface area contributed by atoms with Gasteiger partial charge in [-0.15, -0.1) is 0 Å². The number of benzene rings is 2. The molecule has 1 aromatic heterocycles. The van der Waals surface area contributed by atoms with Crippen LogP contribution in [0.25, 0.3) is 22.3 Å². The summed E-state index contributed by atoms with van der Waals surface area (Å²) in [6.07, 6.45) is -9.50. The van der Waals surface area contributed by atoms with Crippen LogP contribution in [0.5, 0.6) is 28.7 Å². The number of aromatic hydroxyl groups is 4. The summed E-state index contributed by atoms with van der Waals surface area (Å²) in [6.45, 7) is 0. The van der Waals surface area contributed by atoms with Crippen molar-refractivity contribution in [1.82, 2.24) is 0 Å². The number of methoxy groups -OCH3 is 1. The fraction of sp³-hybridized carbons (Fsp3) is 0.273. The summed E-state index contributed by atoms with van der Waals surface area (Å²) in [7, 11) is 0.997. The van der Waals surface area contributed by atoms with Gasteiger partial charge in [0.15, 0.2) is 23.4 Å². The van der Waals surface area contributed by atoms with E-state index < -0.39 is 82.0 Å². The molecule has 0 saturated carbocycles. The lowest BCUT2D eigenvalue weighted by atomic mass is 9.99. The van der Waals surface area contributed by atoms with Crippen LogP contribution in [0, 0.1) is 0 Å². The Morgan fingerprint density at radius 3 is 2.29 bits per heavy atom. The zero-order chi connectivity index (χ0) is 25.6.